The molecule has 0 saturated carbocycles. The first-order valence-corrected chi connectivity index (χ1v) is 6.23. The van der Waals surface area contributed by atoms with Gasteiger partial charge in [-0.25, -0.2) is 4.39 Å². The third-order valence-corrected chi connectivity index (χ3v) is 3.24. The van der Waals surface area contributed by atoms with E-state index in [0.717, 1.165) is 5.56 Å². The smallest absolute Gasteiger partial charge is 0.143 e. The first-order chi connectivity index (χ1) is 9.10. The number of nitrogens with zero attached hydrogens (tertiary/aromatic N) is 1. The van der Waals surface area contributed by atoms with Crippen LogP contribution in [0.25, 0.3) is 0 Å². The lowest BCUT2D eigenvalue weighted by molar-refractivity contribution is 0.628. The molecule has 0 unspecified atom stereocenters. The second kappa shape index (κ2) is 5.92. The number of rotatable bonds is 3. The molecule has 0 atom stereocenters. The number of nitriles is 1. The highest BCUT2D eigenvalue weighted by atomic mass is 35.5. The molecule has 5 heteroatoms. The van der Waals surface area contributed by atoms with E-state index in [-0.39, 0.29) is 5.02 Å². The van der Waals surface area contributed by atoms with Crippen LogP contribution in [0, 0.1) is 17.1 Å². The summed E-state index contributed by atoms with van der Waals surface area (Å²) in [5.74, 6) is -0.474. The Hall–Kier alpha value is -1.76. The molecular weight excluding hydrogens is 286 g/mol. The van der Waals surface area contributed by atoms with Crippen molar-refractivity contribution in [3.05, 3.63) is 63.4 Å². The zero-order valence-electron chi connectivity index (χ0n) is 9.75. The van der Waals surface area contributed by atoms with Gasteiger partial charge in [-0.1, -0.05) is 29.3 Å². The van der Waals surface area contributed by atoms with Gasteiger partial charge in [-0.2, -0.15) is 5.26 Å². The summed E-state index contributed by atoms with van der Waals surface area (Å²) in [5, 5.41) is 12.4. The summed E-state index contributed by atoms with van der Waals surface area (Å²) in [7, 11) is 0. The maximum absolute atomic E-state index is 13.2. The van der Waals surface area contributed by atoms with E-state index in [1.54, 1.807) is 24.3 Å². The maximum Gasteiger partial charge on any atom is 0.143 e. The van der Waals surface area contributed by atoms with Crippen molar-refractivity contribution >= 4 is 28.9 Å². The fourth-order valence-electron chi connectivity index (χ4n) is 1.56. The first kappa shape index (κ1) is 13.7. The summed E-state index contributed by atoms with van der Waals surface area (Å²) in [6.45, 7) is 0.436. The van der Waals surface area contributed by atoms with Crippen molar-refractivity contribution in [2.45, 2.75) is 6.54 Å². The van der Waals surface area contributed by atoms with Crippen molar-refractivity contribution in [2.24, 2.45) is 0 Å². The van der Waals surface area contributed by atoms with E-state index in [4.69, 9.17) is 28.5 Å². The molecule has 2 rings (SSSR count). The topological polar surface area (TPSA) is 35.8 Å². The van der Waals surface area contributed by atoms with Crippen molar-refractivity contribution < 1.29 is 4.39 Å². The molecule has 0 spiro atoms. The van der Waals surface area contributed by atoms with Crippen LogP contribution in [0.3, 0.4) is 0 Å². The molecule has 2 aromatic rings. The second-order valence-corrected chi connectivity index (χ2v) is 4.71. The molecule has 0 aromatic heterocycles. The lowest BCUT2D eigenvalue weighted by atomic mass is 10.1. The molecule has 2 aromatic carbocycles. The predicted octanol–water partition coefficient (Wildman–Crippen LogP) is 4.62. The van der Waals surface area contributed by atoms with Crippen LogP contribution in [0.5, 0.6) is 0 Å². The fourth-order valence-corrected chi connectivity index (χ4v) is 1.93. The summed E-state index contributed by atoms with van der Waals surface area (Å²) in [4.78, 5) is 0. The highest BCUT2D eigenvalue weighted by Gasteiger charge is 2.04. The van der Waals surface area contributed by atoms with Crippen molar-refractivity contribution in [3.63, 3.8) is 0 Å². The zero-order chi connectivity index (χ0) is 13.8. The van der Waals surface area contributed by atoms with Gasteiger partial charge in [-0.3, -0.25) is 0 Å². The monoisotopic (exact) mass is 294 g/mol. The van der Waals surface area contributed by atoms with Crippen molar-refractivity contribution in [3.8, 4) is 6.07 Å². The number of hydrogen-bond donors (Lipinski definition) is 1. The van der Waals surface area contributed by atoms with E-state index >= 15 is 0 Å². The SMILES string of the molecule is N#Cc1ccc(CNc2ccc(Cl)c(F)c2)c(Cl)c1. The Morgan fingerprint density at radius 2 is 1.89 bits per heavy atom. The molecule has 0 aliphatic rings. The molecule has 96 valence electrons. The Labute approximate surface area is 120 Å². The van der Waals surface area contributed by atoms with Crippen LogP contribution in [0.2, 0.25) is 10.0 Å². The molecule has 0 aliphatic heterocycles. The molecule has 0 heterocycles. The van der Waals surface area contributed by atoms with E-state index in [1.165, 1.54) is 12.1 Å². The summed E-state index contributed by atoms with van der Waals surface area (Å²) < 4.78 is 13.2. The predicted molar refractivity (Wildman–Crippen MR) is 74.9 cm³/mol. The number of halogens is 3. The minimum absolute atomic E-state index is 0.0851. The van der Waals surface area contributed by atoms with Gasteiger partial charge in [0.1, 0.15) is 5.82 Å². The lowest BCUT2D eigenvalue weighted by Crippen LogP contribution is -2.00. The van der Waals surface area contributed by atoms with Crippen LogP contribution in [-0.2, 0) is 6.54 Å². The van der Waals surface area contributed by atoms with E-state index in [9.17, 15) is 4.39 Å². The minimum Gasteiger partial charge on any atom is -0.381 e. The number of nitrogens with one attached hydrogen (secondary N) is 1. The largest absolute Gasteiger partial charge is 0.381 e. The van der Waals surface area contributed by atoms with Gasteiger partial charge < -0.3 is 5.32 Å². The van der Waals surface area contributed by atoms with Crippen LogP contribution in [0.1, 0.15) is 11.1 Å². The summed E-state index contributed by atoms with van der Waals surface area (Å²) >= 11 is 11.6. The highest BCUT2D eigenvalue weighted by Crippen LogP contribution is 2.21. The minimum atomic E-state index is -0.474. The van der Waals surface area contributed by atoms with Gasteiger partial charge in [0, 0.05) is 17.3 Å². The normalized spacial score (nSPS) is 10.0. The average molecular weight is 295 g/mol. The highest BCUT2D eigenvalue weighted by molar-refractivity contribution is 6.31. The first-order valence-electron chi connectivity index (χ1n) is 5.47. The van der Waals surface area contributed by atoms with E-state index in [1.807, 2.05) is 6.07 Å². The van der Waals surface area contributed by atoms with Gasteiger partial charge in [-0.15, -0.1) is 0 Å². The lowest BCUT2D eigenvalue weighted by Gasteiger charge is -2.08. The summed E-state index contributed by atoms with van der Waals surface area (Å²) in [5.41, 5.74) is 1.95. The Bertz CT molecular complexity index is 650. The van der Waals surface area contributed by atoms with Gasteiger partial charge >= 0.3 is 0 Å². The van der Waals surface area contributed by atoms with Crippen LogP contribution < -0.4 is 5.32 Å². The van der Waals surface area contributed by atoms with Crippen LogP contribution in [0.4, 0.5) is 10.1 Å². The second-order valence-electron chi connectivity index (χ2n) is 3.90. The Balaban J connectivity index is 2.10. The van der Waals surface area contributed by atoms with E-state index < -0.39 is 5.82 Å². The molecule has 1 N–H and O–H groups in total. The molecule has 0 aliphatic carbocycles. The van der Waals surface area contributed by atoms with Crippen LogP contribution >= 0.6 is 23.2 Å². The van der Waals surface area contributed by atoms with Crippen molar-refractivity contribution in [1.29, 1.82) is 5.26 Å². The quantitative estimate of drug-likeness (QED) is 0.897. The molecule has 0 saturated heterocycles. The molecule has 0 radical (unpaired) electrons. The Kier molecular flexibility index (Phi) is 4.26. The fraction of sp³-hybridized carbons (Fsp3) is 0.0714. The van der Waals surface area contributed by atoms with Crippen LogP contribution in [0.15, 0.2) is 36.4 Å². The summed E-state index contributed by atoms with van der Waals surface area (Å²) in [6, 6.07) is 11.6. The van der Waals surface area contributed by atoms with Crippen LogP contribution in [-0.4, -0.2) is 0 Å². The Morgan fingerprint density at radius 3 is 2.53 bits per heavy atom. The third kappa shape index (κ3) is 3.37. The number of benzene rings is 2. The van der Waals surface area contributed by atoms with Gasteiger partial charge in [0.05, 0.1) is 16.7 Å². The van der Waals surface area contributed by atoms with E-state index in [0.29, 0.717) is 22.8 Å². The maximum atomic E-state index is 13.2. The molecule has 0 fully saturated rings. The Morgan fingerprint density at radius 1 is 1.11 bits per heavy atom. The van der Waals surface area contributed by atoms with Gasteiger partial charge in [0.15, 0.2) is 0 Å². The van der Waals surface area contributed by atoms with Gasteiger partial charge in [0.25, 0.3) is 0 Å². The standard InChI is InChI=1S/C14H9Cl2FN2/c15-12-4-3-11(6-14(12)17)19-8-10-2-1-9(7-18)5-13(10)16/h1-6,19H,8H2. The van der Waals surface area contributed by atoms with Gasteiger partial charge in [0.2, 0.25) is 0 Å². The number of hydrogen-bond acceptors (Lipinski definition) is 2. The van der Waals surface area contributed by atoms with Gasteiger partial charge in [-0.05, 0) is 35.9 Å². The molecule has 2 nitrogen and oxygen atoms in total. The summed E-state index contributed by atoms with van der Waals surface area (Å²) in [6.07, 6.45) is 0. The molecule has 0 bridgehead atoms. The van der Waals surface area contributed by atoms with E-state index in [2.05, 4.69) is 5.32 Å². The molecule has 19 heavy (non-hydrogen) atoms. The molecular formula is C14H9Cl2FN2. The molecule has 0 amide bonds. The average Bonchev–Trinajstić information content (AvgIpc) is 2.41. The number of anilines is 1. The van der Waals surface area contributed by atoms with Crippen molar-refractivity contribution in [1.82, 2.24) is 0 Å². The van der Waals surface area contributed by atoms with Crippen molar-refractivity contribution in [2.75, 3.05) is 5.32 Å². The zero-order valence-corrected chi connectivity index (χ0v) is 11.3. The third-order valence-electron chi connectivity index (χ3n) is 2.58.